The molecule has 0 spiro atoms. The lowest BCUT2D eigenvalue weighted by atomic mass is 9.94. The van der Waals surface area contributed by atoms with Crippen LogP contribution in [0.25, 0.3) is 10.8 Å². The molecule has 1 aliphatic carbocycles. The largest absolute Gasteiger partial charge is 0.305 e. The number of rotatable bonds is 2. The Balaban J connectivity index is 1.92. The molecule has 0 saturated heterocycles. The first-order chi connectivity index (χ1) is 10.7. The summed E-state index contributed by atoms with van der Waals surface area (Å²) in [5.41, 5.74) is 1.51. The molecule has 2 aromatic rings. The second kappa shape index (κ2) is 4.80. The molecule has 1 amide bonds. The Morgan fingerprint density at radius 3 is 2.59 bits per heavy atom. The molecule has 0 N–H and O–H groups in total. The van der Waals surface area contributed by atoms with Crippen molar-refractivity contribution >= 4 is 28.1 Å². The van der Waals surface area contributed by atoms with Crippen molar-refractivity contribution in [2.45, 2.75) is 38.1 Å². The molecule has 0 aromatic heterocycles. The zero-order chi connectivity index (χ0) is 15.3. The fourth-order valence-corrected chi connectivity index (χ4v) is 3.85. The van der Waals surface area contributed by atoms with E-state index in [1.165, 1.54) is 12.5 Å². The minimum atomic E-state index is -0.378. The van der Waals surface area contributed by atoms with Gasteiger partial charge in [-0.25, -0.2) is 0 Å². The van der Waals surface area contributed by atoms with Crippen LogP contribution in [0.1, 0.15) is 42.5 Å². The molecule has 1 fully saturated rings. The summed E-state index contributed by atoms with van der Waals surface area (Å²) in [5, 5.41) is 12.5. The van der Waals surface area contributed by atoms with Gasteiger partial charge in [-0.2, -0.15) is 0 Å². The van der Waals surface area contributed by atoms with Crippen LogP contribution in [0.15, 0.2) is 30.3 Å². The summed E-state index contributed by atoms with van der Waals surface area (Å²) in [5.74, 6) is -0.00648. The number of carbonyl (C=O) groups is 1. The predicted octanol–water partition coefficient (Wildman–Crippen LogP) is 4.04. The van der Waals surface area contributed by atoms with Gasteiger partial charge in [-0.1, -0.05) is 25.3 Å². The summed E-state index contributed by atoms with van der Waals surface area (Å²) in [4.78, 5) is 25.5. The summed E-state index contributed by atoms with van der Waals surface area (Å²) in [6.45, 7) is 0. The average molecular weight is 296 g/mol. The molecule has 0 atom stereocenters. The molecular formula is C17H16N2O3. The van der Waals surface area contributed by atoms with Crippen LogP contribution in [0.2, 0.25) is 0 Å². The third kappa shape index (κ3) is 1.75. The topological polar surface area (TPSA) is 63.4 Å². The number of nitro benzene ring substituents is 1. The van der Waals surface area contributed by atoms with Gasteiger partial charge in [0.25, 0.3) is 11.6 Å². The number of anilines is 1. The van der Waals surface area contributed by atoms with E-state index in [0.29, 0.717) is 10.9 Å². The van der Waals surface area contributed by atoms with E-state index < -0.39 is 0 Å². The third-order valence-electron chi connectivity index (χ3n) is 4.84. The molecule has 0 radical (unpaired) electrons. The molecule has 1 aliphatic heterocycles. The standard InChI is InChI=1S/C17H16N2O3/c20-17-13-8-4-7-12-14(19(21)22)9-10-15(16(12)13)18(17)11-5-2-1-3-6-11/h4,7-11H,1-3,5-6H2. The first-order valence-electron chi connectivity index (χ1n) is 7.72. The van der Waals surface area contributed by atoms with Crippen LogP contribution in [0, 0.1) is 10.1 Å². The molecule has 5 heteroatoms. The van der Waals surface area contributed by atoms with E-state index in [4.69, 9.17) is 0 Å². The van der Waals surface area contributed by atoms with Gasteiger partial charge in [0.15, 0.2) is 0 Å². The second-order valence-electron chi connectivity index (χ2n) is 6.06. The highest BCUT2D eigenvalue weighted by Crippen LogP contribution is 2.43. The average Bonchev–Trinajstić information content (AvgIpc) is 2.83. The summed E-state index contributed by atoms with van der Waals surface area (Å²) in [7, 11) is 0. The Labute approximate surface area is 127 Å². The van der Waals surface area contributed by atoms with Crippen molar-refractivity contribution < 1.29 is 9.72 Å². The van der Waals surface area contributed by atoms with Crippen molar-refractivity contribution in [3.8, 4) is 0 Å². The summed E-state index contributed by atoms with van der Waals surface area (Å²) in [6.07, 6.45) is 5.53. The van der Waals surface area contributed by atoms with Gasteiger partial charge in [-0.15, -0.1) is 0 Å². The summed E-state index contributed by atoms with van der Waals surface area (Å²) < 4.78 is 0. The van der Waals surface area contributed by atoms with E-state index in [9.17, 15) is 14.9 Å². The van der Waals surface area contributed by atoms with Crippen LogP contribution < -0.4 is 4.90 Å². The van der Waals surface area contributed by atoms with Crippen molar-refractivity contribution in [1.29, 1.82) is 0 Å². The molecule has 22 heavy (non-hydrogen) atoms. The van der Waals surface area contributed by atoms with Crippen molar-refractivity contribution in [1.82, 2.24) is 0 Å². The van der Waals surface area contributed by atoms with Gasteiger partial charge in [0.05, 0.1) is 21.6 Å². The van der Waals surface area contributed by atoms with E-state index in [-0.39, 0.29) is 22.6 Å². The van der Waals surface area contributed by atoms with E-state index in [0.717, 1.165) is 36.8 Å². The van der Waals surface area contributed by atoms with E-state index in [1.54, 1.807) is 24.3 Å². The molecular weight excluding hydrogens is 280 g/mol. The van der Waals surface area contributed by atoms with Crippen molar-refractivity contribution in [2.24, 2.45) is 0 Å². The zero-order valence-corrected chi connectivity index (χ0v) is 12.1. The Bertz CT molecular complexity index is 794. The highest BCUT2D eigenvalue weighted by Gasteiger charge is 2.36. The lowest BCUT2D eigenvalue weighted by molar-refractivity contribution is -0.383. The van der Waals surface area contributed by atoms with Gasteiger partial charge in [0.2, 0.25) is 0 Å². The molecule has 5 nitrogen and oxygen atoms in total. The van der Waals surface area contributed by atoms with Crippen LogP contribution in [-0.2, 0) is 0 Å². The molecule has 1 heterocycles. The molecule has 2 aliphatic rings. The molecule has 4 rings (SSSR count). The van der Waals surface area contributed by atoms with Gasteiger partial charge in [0, 0.05) is 17.5 Å². The number of carbonyl (C=O) groups excluding carboxylic acids is 1. The monoisotopic (exact) mass is 296 g/mol. The fourth-order valence-electron chi connectivity index (χ4n) is 3.85. The highest BCUT2D eigenvalue weighted by molar-refractivity contribution is 6.26. The van der Waals surface area contributed by atoms with Crippen molar-refractivity contribution in [2.75, 3.05) is 4.90 Å². The Morgan fingerprint density at radius 2 is 1.86 bits per heavy atom. The third-order valence-corrected chi connectivity index (χ3v) is 4.84. The maximum atomic E-state index is 12.8. The van der Waals surface area contributed by atoms with Gasteiger partial charge < -0.3 is 4.90 Å². The Morgan fingerprint density at radius 1 is 1.09 bits per heavy atom. The molecule has 0 unspecified atom stereocenters. The summed E-state index contributed by atoms with van der Waals surface area (Å²) in [6, 6.07) is 8.73. The van der Waals surface area contributed by atoms with Crippen LogP contribution >= 0.6 is 0 Å². The second-order valence-corrected chi connectivity index (χ2v) is 6.06. The van der Waals surface area contributed by atoms with Gasteiger partial charge >= 0.3 is 0 Å². The quantitative estimate of drug-likeness (QED) is 0.620. The first kappa shape index (κ1) is 13.2. The van der Waals surface area contributed by atoms with Crippen molar-refractivity contribution in [3.05, 3.63) is 46.0 Å². The van der Waals surface area contributed by atoms with E-state index >= 15 is 0 Å². The number of nitrogens with zero attached hydrogens (tertiary/aromatic N) is 2. The van der Waals surface area contributed by atoms with Crippen molar-refractivity contribution in [3.63, 3.8) is 0 Å². The van der Waals surface area contributed by atoms with E-state index in [2.05, 4.69) is 0 Å². The SMILES string of the molecule is O=C1c2cccc3c([N+](=O)[O-])ccc(c23)N1C1CCCCC1. The fraction of sp³-hybridized carbons (Fsp3) is 0.353. The number of amides is 1. The molecule has 1 saturated carbocycles. The summed E-state index contributed by atoms with van der Waals surface area (Å²) >= 11 is 0. The number of hydrogen-bond acceptors (Lipinski definition) is 3. The maximum absolute atomic E-state index is 12.8. The smallest absolute Gasteiger partial charge is 0.277 e. The van der Waals surface area contributed by atoms with Gasteiger partial charge in [-0.05, 0) is 31.0 Å². The minimum absolute atomic E-state index is 0.00648. The lowest BCUT2D eigenvalue weighted by Gasteiger charge is -2.31. The Hall–Kier alpha value is -2.43. The predicted molar refractivity (Wildman–Crippen MR) is 84.3 cm³/mol. The van der Waals surface area contributed by atoms with Gasteiger partial charge in [0.1, 0.15) is 0 Å². The molecule has 112 valence electrons. The zero-order valence-electron chi connectivity index (χ0n) is 12.1. The Kier molecular flexibility index (Phi) is 2.89. The van der Waals surface area contributed by atoms with E-state index in [1.807, 2.05) is 4.90 Å². The van der Waals surface area contributed by atoms with Crippen LogP contribution in [0.4, 0.5) is 11.4 Å². The number of nitro groups is 1. The van der Waals surface area contributed by atoms with Crippen LogP contribution in [-0.4, -0.2) is 16.9 Å². The molecule has 0 bridgehead atoms. The molecule has 2 aromatic carbocycles. The maximum Gasteiger partial charge on any atom is 0.277 e. The minimum Gasteiger partial charge on any atom is -0.305 e. The number of non-ortho nitro benzene ring substituents is 1. The lowest BCUT2D eigenvalue weighted by Crippen LogP contribution is -2.39. The number of benzene rings is 2. The normalized spacial score (nSPS) is 18.2. The highest BCUT2D eigenvalue weighted by atomic mass is 16.6. The van der Waals surface area contributed by atoms with Crippen LogP contribution in [0.5, 0.6) is 0 Å². The first-order valence-corrected chi connectivity index (χ1v) is 7.72. The van der Waals surface area contributed by atoms with Crippen LogP contribution in [0.3, 0.4) is 0 Å². The van der Waals surface area contributed by atoms with Gasteiger partial charge in [-0.3, -0.25) is 14.9 Å². The number of hydrogen-bond donors (Lipinski definition) is 0.